The summed E-state index contributed by atoms with van der Waals surface area (Å²) in [6, 6.07) is 4.76. The number of nitrogen functional groups attached to an aromatic ring is 1. The van der Waals surface area contributed by atoms with E-state index >= 15 is 0 Å². The molecule has 0 fully saturated rings. The Morgan fingerprint density at radius 3 is 2.72 bits per heavy atom. The summed E-state index contributed by atoms with van der Waals surface area (Å²) in [5.41, 5.74) is 6.21. The molecule has 1 rings (SSSR count). The molecule has 0 heterocycles. The van der Waals surface area contributed by atoms with Crippen LogP contribution in [0, 0.1) is 11.3 Å². The second kappa shape index (κ2) is 5.94. The largest absolute Gasteiger partial charge is 0.397 e. The fraction of sp³-hybridized carbons (Fsp3) is 0.333. The van der Waals surface area contributed by atoms with Gasteiger partial charge in [0.2, 0.25) is 0 Å². The Kier molecular flexibility index (Phi) is 4.83. The minimum atomic E-state index is -0.306. The summed E-state index contributed by atoms with van der Waals surface area (Å²) in [6.45, 7) is 1.78. The Morgan fingerprint density at radius 2 is 2.17 bits per heavy atom. The molecule has 0 aliphatic heterocycles. The van der Waals surface area contributed by atoms with Crippen LogP contribution in [0.2, 0.25) is 10.0 Å². The predicted octanol–water partition coefficient (Wildman–Crippen LogP) is 2.95. The number of hydrogen-bond acceptors (Lipinski definition) is 3. The minimum Gasteiger partial charge on any atom is -0.397 e. The van der Waals surface area contributed by atoms with E-state index in [9.17, 15) is 4.79 Å². The van der Waals surface area contributed by atoms with Crippen molar-refractivity contribution >= 4 is 34.8 Å². The van der Waals surface area contributed by atoms with Crippen LogP contribution in [-0.4, -0.2) is 23.9 Å². The molecule has 96 valence electrons. The zero-order chi connectivity index (χ0) is 13.9. The molecule has 0 aliphatic carbocycles. The molecule has 1 aromatic carbocycles. The second-order valence-electron chi connectivity index (χ2n) is 3.98. The molecule has 1 amide bonds. The Balaban J connectivity index is 3.08. The molecule has 4 nitrogen and oxygen atoms in total. The number of nitriles is 1. The van der Waals surface area contributed by atoms with Gasteiger partial charge in [-0.05, 0) is 19.1 Å². The molecular weight excluding hydrogens is 273 g/mol. The van der Waals surface area contributed by atoms with E-state index in [2.05, 4.69) is 0 Å². The number of carbonyl (C=O) groups excluding carboxylic acids is 1. The number of hydrogen-bond donors (Lipinski definition) is 1. The van der Waals surface area contributed by atoms with Crippen LogP contribution in [0.1, 0.15) is 23.7 Å². The highest BCUT2D eigenvalue weighted by atomic mass is 35.5. The fourth-order valence-electron chi connectivity index (χ4n) is 1.42. The van der Waals surface area contributed by atoms with E-state index in [1.807, 2.05) is 6.07 Å². The lowest BCUT2D eigenvalue weighted by atomic mass is 10.1. The van der Waals surface area contributed by atoms with E-state index in [0.29, 0.717) is 5.02 Å². The van der Waals surface area contributed by atoms with Gasteiger partial charge >= 0.3 is 0 Å². The Labute approximate surface area is 116 Å². The first-order valence-electron chi connectivity index (χ1n) is 5.27. The van der Waals surface area contributed by atoms with Crippen molar-refractivity contribution in [3.8, 4) is 6.07 Å². The molecule has 0 radical (unpaired) electrons. The summed E-state index contributed by atoms with van der Waals surface area (Å²) in [6.07, 6.45) is 0.246. The van der Waals surface area contributed by atoms with Crippen LogP contribution < -0.4 is 5.73 Å². The van der Waals surface area contributed by atoms with Crippen LogP contribution in [0.4, 0.5) is 5.69 Å². The molecule has 6 heteroatoms. The third-order valence-electron chi connectivity index (χ3n) is 2.69. The first-order chi connectivity index (χ1) is 8.38. The Hall–Kier alpha value is -1.44. The Bertz CT molecular complexity index is 511. The molecule has 0 saturated heterocycles. The first-order valence-corrected chi connectivity index (χ1v) is 6.02. The maximum Gasteiger partial charge on any atom is 0.256 e. The van der Waals surface area contributed by atoms with Crippen LogP contribution in [0.25, 0.3) is 0 Å². The van der Waals surface area contributed by atoms with Crippen LogP contribution in [0.15, 0.2) is 12.1 Å². The molecule has 0 aliphatic rings. The zero-order valence-corrected chi connectivity index (χ0v) is 11.6. The predicted molar refractivity (Wildman–Crippen MR) is 72.7 cm³/mol. The lowest BCUT2D eigenvalue weighted by Gasteiger charge is -2.23. The van der Waals surface area contributed by atoms with Gasteiger partial charge in [-0.3, -0.25) is 4.79 Å². The van der Waals surface area contributed by atoms with Crippen LogP contribution >= 0.6 is 23.2 Å². The molecule has 18 heavy (non-hydrogen) atoms. The van der Waals surface area contributed by atoms with E-state index in [1.54, 1.807) is 14.0 Å². The van der Waals surface area contributed by atoms with Crippen molar-refractivity contribution in [1.82, 2.24) is 4.90 Å². The van der Waals surface area contributed by atoms with Crippen LogP contribution in [0.5, 0.6) is 0 Å². The van der Waals surface area contributed by atoms with Crippen molar-refractivity contribution in [3.05, 3.63) is 27.7 Å². The molecule has 0 aromatic heterocycles. The normalized spacial score (nSPS) is 11.7. The standard InChI is InChI=1S/C12H13Cl2N3O/c1-7(3-4-15)17(2)12(18)9-5-8(13)6-10(14)11(9)16/h5-7H,3,16H2,1-2H3. The van der Waals surface area contributed by atoms with Gasteiger partial charge in [-0.2, -0.15) is 5.26 Å². The van der Waals surface area contributed by atoms with E-state index in [0.717, 1.165) is 0 Å². The highest BCUT2D eigenvalue weighted by molar-refractivity contribution is 6.37. The van der Waals surface area contributed by atoms with Gasteiger partial charge in [0.05, 0.1) is 28.8 Å². The van der Waals surface area contributed by atoms with Crippen molar-refractivity contribution in [2.24, 2.45) is 0 Å². The average molecular weight is 286 g/mol. The van der Waals surface area contributed by atoms with E-state index in [-0.39, 0.29) is 34.6 Å². The third-order valence-corrected chi connectivity index (χ3v) is 3.22. The topological polar surface area (TPSA) is 70.1 Å². The van der Waals surface area contributed by atoms with Crippen molar-refractivity contribution < 1.29 is 4.79 Å². The summed E-state index contributed by atoms with van der Waals surface area (Å²) in [7, 11) is 1.61. The van der Waals surface area contributed by atoms with Crippen LogP contribution in [-0.2, 0) is 0 Å². The number of nitrogens with zero attached hydrogens (tertiary/aromatic N) is 2. The minimum absolute atomic E-state index is 0.196. The first kappa shape index (κ1) is 14.6. The molecular formula is C12H13Cl2N3O. The van der Waals surface area contributed by atoms with Gasteiger partial charge in [-0.15, -0.1) is 0 Å². The number of benzene rings is 1. The lowest BCUT2D eigenvalue weighted by Crippen LogP contribution is -2.35. The molecule has 0 spiro atoms. The summed E-state index contributed by atoms with van der Waals surface area (Å²) in [5, 5.41) is 9.21. The maximum atomic E-state index is 12.2. The molecule has 2 N–H and O–H groups in total. The lowest BCUT2D eigenvalue weighted by molar-refractivity contribution is 0.0747. The summed E-state index contributed by atoms with van der Waals surface area (Å²) < 4.78 is 0. The molecule has 1 aromatic rings. The van der Waals surface area contributed by atoms with Crippen molar-refractivity contribution in [3.63, 3.8) is 0 Å². The van der Waals surface area contributed by atoms with Gasteiger partial charge in [0.1, 0.15) is 0 Å². The number of anilines is 1. The summed E-state index contributed by atoms with van der Waals surface area (Å²) >= 11 is 11.7. The van der Waals surface area contributed by atoms with Crippen molar-refractivity contribution in [1.29, 1.82) is 5.26 Å². The number of amides is 1. The SMILES string of the molecule is CC(CC#N)N(C)C(=O)c1cc(Cl)cc(Cl)c1N. The monoisotopic (exact) mass is 285 g/mol. The smallest absolute Gasteiger partial charge is 0.256 e. The second-order valence-corrected chi connectivity index (χ2v) is 4.82. The van der Waals surface area contributed by atoms with Crippen molar-refractivity contribution in [2.45, 2.75) is 19.4 Å². The van der Waals surface area contributed by atoms with Gasteiger partial charge in [-0.1, -0.05) is 23.2 Å². The number of nitrogens with two attached hydrogens (primary N) is 1. The number of rotatable bonds is 3. The molecule has 0 saturated carbocycles. The average Bonchev–Trinajstić information content (AvgIpc) is 2.32. The highest BCUT2D eigenvalue weighted by Gasteiger charge is 2.21. The molecule has 0 bridgehead atoms. The summed E-state index contributed by atoms with van der Waals surface area (Å²) in [4.78, 5) is 13.7. The van der Waals surface area contributed by atoms with Gasteiger partial charge in [0, 0.05) is 18.1 Å². The zero-order valence-electron chi connectivity index (χ0n) is 10.1. The van der Waals surface area contributed by atoms with Gasteiger partial charge in [0.15, 0.2) is 0 Å². The summed E-state index contributed by atoms with van der Waals surface area (Å²) in [5.74, 6) is -0.306. The quantitative estimate of drug-likeness (QED) is 0.868. The van der Waals surface area contributed by atoms with E-state index in [1.165, 1.54) is 17.0 Å². The van der Waals surface area contributed by atoms with Crippen LogP contribution in [0.3, 0.4) is 0 Å². The number of carbonyl (C=O) groups is 1. The maximum absolute atomic E-state index is 12.2. The molecule has 1 atom stereocenters. The third kappa shape index (κ3) is 3.06. The number of halogens is 2. The van der Waals surface area contributed by atoms with E-state index in [4.69, 9.17) is 34.2 Å². The fourth-order valence-corrected chi connectivity index (χ4v) is 1.91. The van der Waals surface area contributed by atoms with E-state index < -0.39 is 0 Å². The highest BCUT2D eigenvalue weighted by Crippen LogP contribution is 2.28. The van der Waals surface area contributed by atoms with Crippen molar-refractivity contribution in [2.75, 3.05) is 12.8 Å². The van der Waals surface area contributed by atoms with Gasteiger partial charge in [-0.25, -0.2) is 0 Å². The van der Waals surface area contributed by atoms with Gasteiger partial charge < -0.3 is 10.6 Å². The molecule has 1 unspecified atom stereocenters. The van der Waals surface area contributed by atoms with Gasteiger partial charge in [0.25, 0.3) is 5.91 Å². The Morgan fingerprint density at radius 1 is 1.56 bits per heavy atom.